The lowest BCUT2D eigenvalue weighted by Crippen LogP contribution is -2.70. The van der Waals surface area contributed by atoms with Crippen LogP contribution in [0.2, 0.25) is 0 Å². The molecule has 0 bridgehead atoms. The molecule has 1 aromatic rings. The maximum absolute atomic E-state index is 12.5. The van der Waals surface area contributed by atoms with Crippen molar-refractivity contribution in [3.05, 3.63) is 29.3 Å². The van der Waals surface area contributed by atoms with Crippen molar-refractivity contribution in [3.63, 3.8) is 0 Å². The third kappa shape index (κ3) is 2.53. The standard InChI is InChI=1S/C15H14N2O5S2/c1-8(19)17(10-4-3-5-23-10)11-13(20)16-6-9(7-18)12(15(21)22-2)24-14(11)16/h3-7,11-12,14H,1-2H3/t11?,12?,14-/m1/s1. The van der Waals surface area contributed by atoms with Gasteiger partial charge in [0, 0.05) is 18.7 Å². The van der Waals surface area contributed by atoms with Crippen molar-refractivity contribution in [2.45, 2.75) is 23.6 Å². The predicted octanol–water partition coefficient (Wildman–Crippen LogP) is 1.01. The summed E-state index contributed by atoms with van der Waals surface area (Å²) >= 11 is 2.50. The number of carbonyl (C=O) groups excluding carboxylic acids is 4. The van der Waals surface area contributed by atoms with Crippen LogP contribution in [0.3, 0.4) is 0 Å². The fraction of sp³-hybridized carbons (Fsp3) is 0.333. The number of fused-ring (bicyclic) bond motifs is 1. The second kappa shape index (κ2) is 6.40. The van der Waals surface area contributed by atoms with Crippen molar-refractivity contribution < 1.29 is 23.9 Å². The molecule has 1 saturated heterocycles. The number of hydrogen-bond donors (Lipinski definition) is 0. The SMILES string of the molecule is COC(=O)C1S[C@@H]2C(N(C(C)=O)c3cccs3)C(=O)N2C=C1C=O. The van der Waals surface area contributed by atoms with Gasteiger partial charge in [-0.2, -0.15) is 0 Å². The van der Waals surface area contributed by atoms with E-state index in [0.717, 1.165) is 11.8 Å². The number of carbonyl (C=O) groups is 4. The second-order valence-corrected chi connectivity index (χ2v) is 7.36. The Labute approximate surface area is 146 Å². The molecule has 0 saturated carbocycles. The Morgan fingerprint density at radius 1 is 1.42 bits per heavy atom. The highest BCUT2D eigenvalue weighted by Crippen LogP contribution is 2.44. The van der Waals surface area contributed by atoms with Crippen LogP contribution in [0.25, 0.3) is 0 Å². The summed E-state index contributed by atoms with van der Waals surface area (Å²) in [4.78, 5) is 50.5. The first-order valence-corrected chi connectivity index (χ1v) is 8.87. The van der Waals surface area contributed by atoms with Gasteiger partial charge in [0.25, 0.3) is 5.91 Å². The molecule has 3 rings (SSSR count). The minimum Gasteiger partial charge on any atom is -0.468 e. The van der Waals surface area contributed by atoms with Crippen LogP contribution in [0.1, 0.15) is 6.92 Å². The lowest BCUT2D eigenvalue weighted by atomic mass is 10.0. The number of methoxy groups -OCH3 is 1. The van der Waals surface area contributed by atoms with Gasteiger partial charge in [-0.15, -0.1) is 23.1 Å². The summed E-state index contributed by atoms with van der Waals surface area (Å²) in [6.07, 6.45) is 1.93. The number of aldehydes is 1. The Hall–Kier alpha value is -2.13. The monoisotopic (exact) mass is 366 g/mol. The summed E-state index contributed by atoms with van der Waals surface area (Å²) in [5, 5.41) is 1.25. The number of hydrogen-bond acceptors (Lipinski definition) is 7. The lowest BCUT2D eigenvalue weighted by molar-refractivity contribution is -0.143. The van der Waals surface area contributed by atoms with Crippen molar-refractivity contribution in [3.8, 4) is 0 Å². The highest BCUT2D eigenvalue weighted by molar-refractivity contribution is 8.01. The number of esters is 1. The molecule has 0 spiro atoms. The molecule has 3 atom stereocenters. The number of β-lactam (4-membered cyclic amide) rings is 1. The minimum absolute atomic E-state index is 0.181. The molecule has 126 valence electrons. The summed E-state index contributed by atoms with van der Waals surface area (Å²) in [6, 6.07) is 2.86. The predicted molar refractivity (Wildman–Crippen MR) is 89.4 cm³/mol. The number of thiophene rings is 1. The molecule has 9 heteroatoms. The van der Waals surface area contributed by atoms with Gasteiger partial charge in [0.05, 0.1) is 12.1 Å². The number of nitrogens with zero attached hydrogens (tertiary/aromatic N) is 2. The molecule has 0 N–H and O–H groups in total. The van der Waals surface area contributed by atoms with Crippen LogP contribution in [0, 0.1) is 0 Å². The van der Waals surface area contributed by atoms with Crippen LogP contribution in [0.5, 0.6) is 0 Å². The third-order valence-electron chi connectivity index (χ3n) is 3.83. The first kappa shape index (κ1) is 16.7. The lowest BCUT2D eigenvalue weighted by Gasteiger charge is -2.51. The summed E-state index contributed by atoms with van der Waals surface area (Å²) in [7, 11) is 1.24. The number of ether oxygens (including phenoxy) is 1. The molecular formula is C15H14N2O5S2. The molecule has 1 aromatic heterocycles. The highest BCUT2D eigenvalue weighted by Gasteiger charge is 2.55. The summed E-state index contributed by atoms with van der Waals surface area (Å²) in [5.41, 5.74) is 0.181. The molecule has 0 aliphatic carbocycles. The summed E-state index contributed by atoms with van der Waals surface area (Å²) in [6.45, 7) is 1.40. The van der Waals surface area contributed by atoms with Crippen LogP contribution in [0.4, 0.5) is 5.00 Å². The van der Waals surface area contributed by atoms with Crippen LogP contribution in [0.15, 0.2) is 29.3 Å². The Bertz CT molecular complexity index is 730. The molecule has 2 unspecified atom stereocenters. The fourth-order valence-corrected chi connectivity index (χ4v) is 4.97. The number of anilines is 1. The van der Waals surface area contributed by atoms with Gasteiger partial charge in [0.2, 0.25) is 5.91 Å². The third-order valence-corrected chi connectivity index (χ3v) is 6.20. The maximum atomic E-state index is 12.5. The first-order valence-electron chi connectivity index (χ1n) is 7.05. The first-order chi connectivity index (χ1) is 11.5. The topological polar surface area (TPSA) is 84.0 Å². The average molecular weight is 366 g/mol. The van der Waals surface area contributed by atoms with Crippen LogP contribution in [-0.2, 0) is 23.9 Å². The van der Waals surface area contributed by atoms with E-state index in [2.05, 4.69) is 0 Å². The van der Waals surface area contributed by atoms with Gasteiger partial charge >= 0.3 is 5.97 Å². The smallest absolute Gasteiger partial charge is 0.323 e. The van der Waals surface area contributed by atoms with E-state index in [-0.39, 0.29) is 17.4 Å². The van der Waals surface area contributed by atoms with E-state index in [1.54, 1.807) is 12.1 Å². The average Bonchev–Trinajstić information content (AvgIpc) is 3.10. The van der Waals surface area contributed by atoms with Crippen LogP contribution in [-0.4, -0.2) is 52.7 Å². The van der Waals surface area contributed by atoms with E-state index in [4.69, 9.17) is 4.74 Å². The zero-order valence-electron chi connectivity index (χ0n) is 12.9. The molecule has 2 amide bonds. The van der Waals surface area contributed by atoms with Crippen LogP contribution < -0.4 is 4.90 Å². The van der Waals surface area contributed by atoms with Gasteiger partial charge in [-0.3, -0.25) is 24.1 Å². The number of amides is 2. The molecule has 24 heavy (non-hydrogen) atoms. The van der Waals surface area contributed by atoms with Gasteiger partial charge in [-0.25, -0.2) is 0 Å². The molecule has 2 aliphatic heterocycles. The Kier molecular flexibility index (Phi) is 4.46. The Morgan fingerprint density at radius 2 is 2.17 bits per heavy atom. The van der Waals surface area contributed by atoms with E-state index in [1.807, 2.05) is 5.38 Å². The van der Waals surface area contributed by atoms with Gasteiger partial charge in [-0.05, 0) is 17.5 Å². The van der Waals surface area contributed by atoms with Gasteiger partial charge in [0.1, 0.15) is 23.0 Å². The maximum Gasteiger partial charge on any atom is 0.323 e. The van der Waals surface area contributed by atoms with Crippen molar-refractivity contribution >= 4 is 52.2 Å². The van der Waals surface area contributed by atoms with Gasteiger partial charge in [0.15, 0.2) is 0 Å². The van der Waals surface area contributed by atoms with E-state index < -0.39 is 22.6 Å². The molecule has 0 radical (unpaired) electrons. The van der Waals surface area contributed by atoms with E-state index in [9.17, 15) is 19.2 Å². The summed E-state index contributed by atoms with van der Waals surface area (Å²) in [5.74, 6) is -1.09. The van der Waals surface area contributed by atoms with E-state index >= 15 is 0 Å². The highest BCUT2D eigenvalue weighted by atomic mass is 32.2. The second-order valence-electron chi connectivity index (χ2n) is 5.21. The number of thioether (sulfide) groups is 1. The van der Waals surface area contributed by atoms with Crippen molar-refractivity contribution in [1.82, 2.24) is 4.90 Å². The Morgan fingerprint density at radius 3 is 2.71 bits per heavy atom. The zero-order chi connectivity index (χ0) is 17.4. The largest absolute Gasteiger partial charge is 0.468 e. The van der Waals surface area contributed by atoms with Crippen molar-refractivity contribution in [2.75, 3.05) is 12.0 Å². The van der Waals surface area contributed by atoms with Crippen molar-refractivity contribution in [2.24, 2.45) is 0 Å². The Balaban J connectivity index is 1.93. The normalized spacial score (nSPS) is 25.2. The van der Waals surface area contributed by atoms with Gasteiger partial charge < -0.3 is 9.64 Å². The van der Waals surface area contributed by atoms with Crippen molar-refractivity contribution in [1.29, 1.82) is 0 Å². The molecule has 3 heterocycles. The fourth-order valence-electron chi connectivity index (χ4n) is 2.72. The summed E-state index contributed by atoms with van der Waals surface area (Å²) < 4.78 is 4.73. The molecule has 7 nitrogen and oxygen atoms in total. The quantitative estimate of drug-likeness (QED) is 0.449. The number of rotatable bonds is 4. The zero-order valence-corrected chi connectivity index (χ0v) is 14.5. The van der Waals surface area contributed by atoms with E-state index in [1.165, 1.54) is 41.4 Å². The van der Waals surface area contributed by atoms with E-state index in [0.29, 0.717) is 11.3 Å². The van der Waals surface area contributed by atoms with Crippen LogP contribution >= 0.6 is 23.1 Å². The minimum atomic E-state index is -0.804. The molecule has 2 aliphatic rings. The molecular weight excluding hydrogens is 352 g/mol. The molecule has 0 aromatic carbocycles. The molecule has 1 fully saturated rings. The van der Waals surface area contributed by atoms with Gasteiger partial charge in [-0.1, -0.05) is 0 Å².